The van der Waals surface area contributed by atoms with E-state index in [1.165, 1.54) is 0 Å². The maximum atomic E-state index is 12.2. The van der Waals surface area contributed by atoms with Crippen molar-refractivity contribution in [1.29, 1.82) is 0 Å². The molecule has 0 aliphatic heterocycles. The maximum Gasteiger partial charge on any atom is 1.00 e. The van der Waals surface area contributed by atoms with E-state index in [0.29, 0.717) is 5.92 Å². The first-order chi connectivity index (χ1) is 6.39. The van der Waals surface area contributed by atoms with E-state index in [9.17, 15) is 12.9 Å². The molecule has 0 N–H and O–H groups in total. The molecule has 78 valence electrons. The van der Waals surface area contributed by atoms with E-state index in [1.807, 2.05) is 13.8 Å². The van der Waals surface area contributed by atoms with Crippen LogP contribution in [0.2, 0.25) is 0 Å². The Hall–Kier alpha value is 0.711. The van der Waals surface area contributed by atoms with Crippen LogP contribution in [-0.4, -0.2) is 6.98 Å². The van der Waals surface area contributed by atoms with Gasteiger partial charge < -0.3 is 12.9 Å². The predicted octanol–water partition coefficient (Wildman–Crippen LogP) is -0.0565. The SMILES string of the molecule is CC(C)Cc1ccc([B-](F)(F)F)cc1.[K+]. The summed E-state index contributed by atoms with van der Waals surface area (Å²) in [6.45, 7) is -0.756. The normalized spacial score (nSPS) is 11.3. The van der Waals surface area contributed by atoms with Gasteiger partial charge in [0.05, 0.1) is 0 Å². The second kappa shape index (κ2) is 6.45. The smallest absolute Gasteiger partial charge is 0.445 e. The molecule has 0 radical (unpaired) electrons. The predicted molar refractivity (Wildman–Crippen MR) is 53.7 cm³/mol. The Kier molecular flexibility index (Phi) is 6.75. The molecule has 0 heterocycles. The molecule has 15 heavy (non-hydrogen) atoms. The second-order valence-corrected chi connectivity index (χ2v) is 3.91. The van der Waals surface area contributed by atoms with Crippen LogP contribution in [0.5, 0.6) is 0 Å². The molecular weight excluding hydrogens is 227 g/mol. The number of hydrogen-bond acceptors (Lipinski definition) is 0. The number of hydrogen-bond donors (Lipinski definition) is 0. The zero-order chi connectivity index (χ0) is 10.8. The van der Waals surface area contributed by atoms with Crippen LogP contribution >= 0.6 is 0 Å². The van der Waals surface area contributed by atoms with Crippen molar-refractivity contribution in [2.45, 2.75) is 20.3 Å². The quantitative estimate of drug-likeness (QED) is 0.649. The van der Waals surface area contributed by atoms with Crippen LogP contribution < -0.4 is 56.8 Å². The molecular formula is C10H13BF3K. The minimum atomic E-state index is -4.84. The Balaban J connectivity index is 0.00000196. The summed E-state index contributed by atoms with van der Waals surface area (Å²) in [5.74, 6) is 0.470. The van der Waals surface area contributed by atoms with Gasteiger partial charge in [-0.1, -0.05) is 38.1 Å². The first-order valence-corrected chi connectivity index (χ1v) is 4.68. The fourth-order valence-electron chi connectivity index (χ4n) is 1.34. The first kappa shape index (κ1) is 15.7. The summed E-state index contributed by atoms with van der Waals surface area (Å²) in [4.78, 5) is 0. The van der Waals surface area contributed by atoms with Gasteiger partial charge in [-0.15, -0.1) is 5.46 Å². The van der Waals surface area contributed by atoms with Crippen LogP contribution in [0.1, 0.15) is 19.4 Å². The zero-order valence-electron chi connectivity index (χ0n) is 9.31. The average Bonchev–Trinajstić information content (AvgIpc) is 2.02. The molecule has 0 unspecified atom stereocenters. The van der Waals surface area contributed by atoms with Gasteiger partial charge in [0.1, 0.15) is 0 Å². The molecule has 0 aromatic heterocycles. The molecule has 0 fully saturated rings. The first-order valence-electron chi connectivity index (χ1n) is 4.68. The fraction of sp³-hybridized carbons (Fsp3) is 0.400. The van der Waals surface area contributed by atoms with Gasteiger partial charge in [0, 0.05) is 0 Å². The van der Waals surface area contributed by atoms with Gasteiger partial charge in [-0.05, 0) is 17.9 Å². The molecule has 0 aliphatic carbocycles. The number of halogens is 3. The summed E-state index contributed by atoms with van der Waals surface area (Å²) in [7, 11) is 0. The van der Waals surface area contributed by atoms with E-state index in [-0.39, 0.29) is 51.4 Å². The molecule has 0 saturated carbocycles. The van der Waals surface area contributed by atoms with Crippen molar-refractivity contribution in [3.8, 4) is 0 Å². The Morgan fingerprint density at radius 1 is 1.07 bits per heavy atom. The van der Waals surface area contributed by atoms with Crippen molar-refractivity contribution in [2.75, 3.05) is 0 Å². The number of rotatable bonds is 3. The molecule has 1 aromatic carbocycles. The van der Waals surface area contributed by atoms with Gasteiger partial charge in [-0.25, -0.2) is 0 Å². The van der Waals surface area contributed by atoms with E-state index in [1.54, 1.807) is 12.1 Å². The van der Waals surface area contributed by atoms with E-state index in [4.69, 9.17) is 0 Å². The summed E-state index contributed by atoms with van der Waals surface area (Å²) in [5.41, 5.74) is 0.446. The zero-order valence-corrected chi connectivity index (χ0v) is 12.4. The van der Waals surface area contributed by atoms with Crippen LogP contribution in [-0.2, 0) is 6.42 Å². The largest absolute Gasteiger partial charge is 1.00 e. The van der Waals surface area contributed by atoms with E-state index < -0.39 is 12.4 Å². The van der Waals surface area contributed by atoms with Gasteiger partial charge in [-0.2, -0.15) is 0 Å². The molecule has 5 heteroatoms. The Labute approximate surface area is 131 Å². The van der Waals surface area contributed by atoms with Crippen LogP contribution in [0.4, 0.5) is 12.9 Å². The van der Waals surface area contributed by atoms with Crippen molar-refractivity contribution < 1.29 is 64.3 Å². The fourth-order valence-corrected chi connectivity index (χ4v) is 1.34. The van der Waals surface area contributed by atoms with Crippen molar-refractivity contribution in [3.63, 3.8) is 0 Å². The van der Waals surface area contributed by atoms with Gasteiger partial charge in [0.25, 0.3) is 0 Å². The minimum Gasteiger partial charge on any atom is -0.445 e. The van der Waals surface area contributed by atoms with E-state index >= 15 is 0 Å². The molecule has 0 amide bonds. The van der Waals surface area contributed by atoms with Crippen LogP contribution in [0.25, 0.3) is 0 Å². The molecule has 1 aromatic rings. The molecule has 0 spiro atoms. The van der Waals surface area contributed by atoms with Crippen LogP contribution in [0.3, 0.4) is 0 Å². The van der Waals surface area contributed by atoms with Crippen molar-refractivity contribution in [2.24, 2.45) is 5.92 Å². The van der Waals surface area contributed by atoms with E-state index in [0.717, 1.165) is 24.1 Å². The number of benzene rings is 1. The van der Waals surface area contributed by atoms with Gasteiger partial charge >= 0.3 is 58.4 Å². The summed E-state index contributed by atoms with van der Waals surface area (Å²) in [6.07, 6.45) is 0.825. The van der Waals surface area contributed by atoms with Crippen LogP contribution in [0.15, 0.2) is 24.3 Å². The maximum absolute atomic E-state index is 12.2. The van der Waals surface area contributed by atoms with E-state index in [2.05, 4.69) is 0 Å². The van der Waals surface area contributed by atoms with Gasteiger partial charge in [0.2, 0.25) is 0 Å². The molecule has 0 bridgehead atoms. The third-order valence-corrected chi connectivity index (χ3v) is 2.00. The Bertz CT molecular complexity index is 293. The van der Waals surface area contributed by atoms with Gasteiger partial charge in [-0.3, -0.25) is 0 Å². The molecule has 0 atom stereocenters. The standard InChI is InChI=1S/C10H13BF3.K/c1-8(2)7-9-3-5-10(6-4-9)11(12,13)14;/h3-6,8H,7H2,1-2H3;/q-1;+1. The summed E-state index contributed by atoms with van der Waals surface area (Å²) in [6, 6.07) is 5.45. The molecule has 0 aliphatic rings. The monoisotopic (exact) mass is 240 g/mol. The molecule has 0 nitrogen and oxygen atoms in total. The molecule has 1 rings (SSSR count). The molecule has 0 saturated heterocycles. The summed E-state index contributed by atoms with van der Waals surface area (Å²) >= 11 is 0. The average molecular weight is 240 g/mol. The third kappa shape index (κ3) is 5.54. The van der Waals surface area contributed by atoms with Crippen molar-refractivity contribution >= 4 is 12.4 Å². The van der Waals surface area contributed by atoms with Gasteiger partial charge in [0.15, 0.2) is 0 Å². The summed E-state index contributed by atoms with van der Waals surface area (Å²) < 4.78 is 36.7. The van der Waals surface area contributed by atoms with Crippen LogP contribution in [0, 0.1) is 5.92 Å². The topological polar surface area (TPSA) is 0 Å². The third-order valence-electron chi connectivity index (χ3n) is 2.00. The minimum absolute atomic E-state index is 0. The van der Waals surface area contributed by atoms with Crippen molar-refractivity contribution in [3.05, 3.63) is 29.8 Å². The Morgan fingerprint density at radius 2 is 1.53 bits per heavy atom. The Morgan fingerprint density at radius 3 is 1.87 bits per heavy atom. The summed E-state index contributed by atoms with van der Waals surface area (Å²) in [5, 5.41) is 0. The van der Waals surface area contributed by atoms with Crippen molar-refractivity contribution in [1.82, 2.24) is 0 Å². The second-order valence-electron chi connectivity index (χ2n) is 3.91.